The van der Waals surface area contributed by atoms with E-state index in [2.05, 4.69) is 10.2 Å². The van der Waals surface area contributed by atoms with Crippen molar-refractivity contribution in [3.05, 3.63) is 35.6 Å². The molecule has 1 N–H and O–H groups in total. The predicted octanol–water partition coefficient (Wildman–Crippen LogP) is 3.88. The topological polar surface area (TPSA) is 32.3 Å². The van der Waals surface area contributed by atoms with Gasteiger partial charge in [0.05, 0.1) is 5.92 Å². The fourth-order valence-electron chi connectivity index (χ4n) is 4.02. The van der Waals surface area contributed by atoms with Crippen molar-refractivity contribution in [3.63, 3.8) is 0 Å². The Morgan fingerprint density at radius 1 is 1.08 bits per heavy atom. The smallest absolute Gasteiger partial charge is 0.224 e. The maximum absolute atomic E-state index is 13.8. The summed E-state index contributed by atoms with van der Waals surface area (Å²) in [5.41, 5.74) is 0.724. The van der Waals surface area contributed by atoms with Gasteiger partial charge in [-0.25, -0.2) is 4.39 Å². The summed E-state index contributed by atoms with van der Waals surface area (Å²) in [6.45, 7) is 2.29. The SMILES string of the molecule is O=C(NC1CCCCCC1)C1CCCN(Cc2ccccc2F)C1. The van der Waals surface area contributed by atoms with E-state index < -0.39 is 0 Å². The molecule has 1 saturated carbocycles. The Labute approximate surface area is 144 Å². The summed E-state index contributed by atoms with van der Waals surface area (Å²) < 4.78 is 13.8. The number of nitrogens with one attached hydrogen (secondary N) is 1. The number of rotatable bonds is 4. The zero-order chi connectivity index (χ0) is 16.8. The van der Waals surface area contributed by atoms with E-state index in [1.807, 2.05) is 12.1 Å². The molecule has 4 heteroatoms. The van der Waals surface area contributed by atoms with E-state index in [1.165, 1.54) is 31.7 Å². The Bertz CT molecular complexity index is 540. The lowest BCUT2D eigenvalue weighted by atomic mass is 9.95. The van der Waals surface area contributed by atoms with Gasteiger partial charge in [0.2, 0.25) is 5.91 Å². The van der Waals surface area contributed by atoms with Gasteiger partial charge < -0.3 is 5.32 Å². The van der Waals surface area contributed by atoms with E-state index in [4.69, 9.17) is 0 Å². The number of hydrogen-bond acceptors (Lipinski definition) is 2. The fraction of sp³-hybridized carbons (Fsp3) is 0.650. The highest BCUT2D eigenvalue weighted by Gasteiger charge is 2.27. The second-order valence-corrected chi connectivity index (χ2v) is 7.36. The number of benzene rings is 1. The zero-order valence-corrected chi connectivity index (χ0v) is 14.5. The molecule has 2 aliphatic rings. The van der Waals surface area contributed by atoms with Crippen LogP contribution >= 0.6 is 0 Å². The van der Waals surface area contributed by atoms with Gasteiger partial charge in [0.15, 0.2) is 0 Å². The van der Waals surface area contributed by atoms with Crippen molar-refractivity contribution in [1.82, 2.24) is 10.2 Å². The van der Waals surface area contributed by atoms with Crippen molar-refractivity contribution < 1.29 is 9.18 Å². The van der Waals surface area contributed by atoms with Gasteiger partial charge >= 0.3 is 0 Å². The fourth-order valence-corrected chi connectivity index (χ4v) is 4.02. The van der Waals surface area contributed by atoms with Gasteiger partial charge in [-0.2, -0.15) is 0 Å². The van der Waals surface area contributed by atoms with Crippen LogP contribution in [0.25, 0.3) is 0 Å². The molecule has 1 aromatic carbocycles. The first-order valence-corrected chi connectivity index (χ1v) is 9.48. The third-order valence-electron chi connectivity index (χ3n) is 5.43. The summed E-state index contributed by atoms with van der Waals surface area (Å²) in [6.07, 6.45) is 9.26. The van der Waals surface area contributed by atoms with Crippen molar-refractivity contribution in [2.24, 2.45) is 5.92 Å². The van der Waals surface area contributed by atoms with Crippen LogP contribution in [0.4, 0.5) is 4.39 Å². The Hall–Kier alpha value is -1.42. The highest BCUT2D eigenvalue weighted by Crippen LogP contribution is 2.22. The predicted molar refractivity (Wildman–Crippen MR) is 94.0 cm³/mol. The van der Waals surface area contributed by atoms with Gasteiger partial charge in [-0.15, -0.1) is 0 Å². The average Bonchev–Trinajstić information content (AvgIpc) is 2.86. The number of carbonyl (C=O) groups is 1. The van der Waals surface area contributed by atoms with Gasteiger partial charge in [-0.1, -0.05) is 43.9 Å². The molecule has 132 valence electrons. The first kappa shape index (κ1) is 17.4. The normalized spacial score (nSPS) is 23.6. The molecule has 24 heavy (non-hydrogen) atoms. The number of carbonyl (C=O) groups excluding carboxylic acids is 1. The van der Waals surface area contributed by atoms with Crippen LogP contribution < -0.4 is 5.32 Å². The van der Waals surface area contributed by atoms with Crippen LogP contribution in [0.2, 0.25) is 0 Å². The molecule has 3 rings (SSSR count). The lowest BCUT2D eigenvalue weighted by molar-refractivity contribution is -0.127. The molecule has 1 heterocycles. The number of halogens is 1. The van der Waals surface area contributed by atoms with E-state index >= 15 is 0 Å². The molecule has 1 saturated heterocycles. The van der Waals surface area contributed by atoms with Crippen molar-refractivity contribution in [2.75, 3.05) is 13.1 Å². The molecule has 1 atom stereocenters. The summed E-state index contributed by atoms with van der Waals surface area (Å²) in [6, 6.07) is 7.30. The van der Waals surface area contributed by atoms with E-state index in [9.17, 15) is 9.18 Å². The van der Waals surface area contributed by atoms with Crippen LogP contribution in [0, 0.1) is 11.7 Å². The third kappa shape index (κ3) is 4.79. The van der Waals surface area contributed by atoms with Crippen LogP contribution in [0.15, 0.2) is 24.3 Å². The van der Waals surface area contributed by atoms with Crippen LogP contribution in [0.1, 0.15) is 56.9 Å². The average molecular weight is 332 g/mol. The number of nitrogens with zero attached hydrogens (tertiary/aromatic N) is 1. The first-order valence-electron chi connectivity index (χ1n) is 9.48. The van der Waals surface area contributed by atoms with Gasteiger partial charge in [-0.05, 0) is 38.3 Å². The highest BCUT2D eigenvalue weighted by atomic mass is 19.1. The minimum absolute atomic E-state index is 0.0498. The molecule has 0 radical (unpaired) electrons. The molecule has 0 aromatic heterocycles. The largest absolute Gasteiger partial charge is 0.353 e. The Kier molecular flexibility index (Phi) is 6.24. The highest BCUT2D eigenvalue weighted by molar-refractivity contribution is 5.79. The summed E-state index contributed by atoms with van der Waals surface area (Å²) in [5, 5.41) is 3.28. The molecule has 0 spiro atoms. The molecular formula is C20H29FN2O. The number of piperidine rings is 1. The summed E-state index contributed by atoms with van der Waals surface area (Å²) in [4.78, 5) is 14.9. The summed E-state index contributed by atoms with van der Waals surface area (Å²) in [5.74, 6) is 0.108. The van der Waals surface area contributed by atoms with Crippen LogP contribution in [0.3, 0.4) is 0 Å². The standard InChI is InChI=1S/C20H29FN2O/c21-19-12-6-5-8-16(19)14-23-13-7-9-17(15-23)20(24)22-18-10-3-1-2-4-11-18/h5-6,8,12,17-18H,1-4,7,9-11,13-15H2,(H,22,24). The van der Waals surface area contributed by atoms with E-state index in [1.54, 1.807) is 6.07 Å². The molecule has 0 bridgehead atoms. The maximum atomic E-state index is 13.8. The van der Waals surface area contributed by atoms with Crippen molar-refractivity contribution in [2.45, 2.75) is 64.0 Å². The number of likely N-dealkylation sites (tertiary alicyclic amines) is 1. The summed E-state index contributed by atoms with van der Waals surface area (Å²) >= 11 is 0. The zero-order valence-electron chi connectivity index (χ0n) is 14.5. The maximum Gasteiger partial charge on any atom is 0.224 e. The molecule has 1 aliphatic heterocycles. The lowest BCUT2D eigenvalue weighted by Crippen LogP contribution is -2.45. The Morgan fingerprint density at radius 2 is 1.83 bits per heavy atom. The second-order valence-electron chi connectivity index (χ2n) is 7.36. The van der Waals surface area contributed by atoms with Crippen LogP contribution in [-0.2, 0) is 11.3 Å². The van der Waals surface area contributed by atoms with E-state index in [-0.39, 0.29) is 17.6 Å². The minimum Gasteiger partial charge on any atom is -0.353 e. The number of amides is 1. The molecular weight excluding hydrogens is 303 g/mol. The second kappa shape index (κ2) is 8.61. The first-order chi connectivity index (χ1) is 11.7. The summed E-state index contributed by atoms with van der Waals surface area (Å²) in [7, 11) is 0. The van der Waals surface area contributed by atoms with Gasteiger partial charge in [0.1, 0.15) is 5.82 Å². The van der Waals surface area contributed by atoms with E-state index in [0.717, 1.165) is 44.3 Å². The third-order valence-corrected chi connectivity index (χ3v) is 5.43. The van der Waals surface area contributed by atoms with Crippen molar-refractivity contribution in [1.29, 1.82) is 0 Å². The van der Waals surface area contributed by atoms with Gasteiger partial charge in [0, 0.05) is 24.7 Å². The Morgan fingerprint density at radius 3 is 2.58 bits per heavy atom. The lowest BCUT2D eigenvalue weighted by Gasteiger charge is -2.33. The Balaban J connectivity index is 1.52. The molecule has 1 aliphatic carbocycles. The minimum atomic E-state index is -0.150. The number of hydrogen-bond donors (Lipinski definition) is 1. The van der Waals surface area contributed by atoms with Gasteiger partial charge in [0.25, 0.3) is 0 Å². The molecule has 2 fully saturated rings. The molecule has 1 unspecified atom stereocenters. The molecule has 1 aromatic rings. The molecule has 1 amide bonds. The van der Waals surface area contributed by atoms with Crippen molar-refractivity contribution in [3.8, 4) is 0 Å². The van der Waals surface area contributed by atoms with Crippen LogP contribution in [-0.4, -0.2) is 29.9 Å². The van der Waals surface area contributed by atoms with E-state index in [0.29, 0.717) is 12.6 Å². The quantitative estimate of drug-likeness (QED) is 0.849. The van der Waals surface area contributed by atoms with Crippen LogP contribution in [0.5, 0.6) is 0 Å². The van der Waals surface area contributed by atoms with Gasteiger partial charge in [-0.3, -0.25) is 9.69 Å². The monoisotopic (exact) mass is 332 g/mol. The van der Waals surface area contributed by atoms with Crippen molar-refractivity contribution >= 4 is 5.91 Å². The molecule has 3 nitrogen and oxygen atoms in total.